The first-order valence-corrected chi connectivity index (χ1v) is 7.51. The molecule has 1 N–H and O–H groups in total. The third-order valence-electron chi connectivity index (χ3n) is 4.14. The number of carbonyl (C=O) groups excluding carboxylic acids is 1. The van der Waals surface area contributed by atoms with Crippen LogP contribution in [0.1, 0.15) is 37.5 Å². The summed E-state index contributed by atoms with van der Waals surface area (Å²) in [7, 11) is 0. The normalized spacial score (nSPS) is 24.9. The number of likely N-dealkylation sites (tertiary alicyclic amines) is 1. The van der Waals surface area contributed by atoms with Gasteiger partial charge in [0.15, 0.2) is 0 Å². The van der Waals surface area contributed by atoms with Gasteiger partial charge in [0.2, 0.25) is 5.91 Å². The molecule has 20 heavy (non-hydrogen) atoms. The van der Waals surface area contributed by atoms with E-state index in [9.17, 15) is 4.79 Å². The molecule has 3 rings (SSSR count). The Hall–Kier alpha value is -1.33. The largest absolute Gasteiger partial charge is 0.468 e. The van der Waals surface area contributed by atoms with Crippen LogP contribution in [-0.4, -0.2) is 43.2 Å². The van der Waals surface area contributed by atoms with Crippen molar-refractivity contribution in [2.45, 2.75) is 37.8 Å². The molecule has 1 aromatic rings. The van der Waals surface area contributed by atoms with Crippen LogP contribution in [-0.2, 0) is 9.53 Å². The molecule has 1 amide bonds. The zero-order valence-electron chi connectivity index (χ0n) is 11.7. The highest BCUT2D eigenvalue weighted by atomic mass is 16.5. The van der Waals surface area contributed by atoms with E-state index in [-0.39, 0.29) is 18.1 Å². The Balaban J connectivity index is 1.59. The van der Waals surface area contributed by atoms with Gasteiger partial charge in [0.05, 0.1) is 12.3 Å². The number of hydrogen-bond acceptors (Lipinski definition) is 4. The molecule has 2 atom stereocenters. The molecule has 2 saturated heterocycles. The molecule has 0 saturated carbocycles. The summed E-state index contributed by atoms with van der Waals surface area (Å²) in [4.78, 5) is 14.4. The Morgan fingerprint density at radius 1 is 1.40 bits per heavy atom. The number of amides is 1. The van der Waals surface area contributed by atoms with Crippen LogP contribution >= 0.6 is 0 Å². The number of nitrogens with one attached hydrogen (secondary N) is 1. The number of nitrogens with zero attached hydrogens (tertiary/aromatic N) is 1. The molecule has 0 aromatic carbocycles. The fourth-order valence-electron chi connectivity index (χ4n) is 3.04. The van der Waals surface area contributed by atoms with Gasteiger partial charge in [0.25, 0.3) is 0 Å². The van der Waals surface area contributed by atoms with Crippen molar-refractivity contribution in [2.24, 2.45) is 0 Å². The average Bonchev–Trinajstić information content (AvgIpc) is 3.22. The smallest absolute Gasteiger partial charge is 0.249 e. The molecule has 5 nitrogen and oxygen atoms in total. The minimum atomic E-state index is -0.258. The molecule has 3 heterocycles. The predicted octanol–water partition coefficient (Wildman–Crippen LogP) is 1.71. The summed E-state index contributed by atoms with van der Waals surface area (Å²) in [6.07, 6.45) is 5.69. The average molecular weight is 278 g/mol. The van der Waals surface area contributed by atoms with Gasteiger partial charge in [0, 0.05) is 13.2 Å². The van der Waals surface area contributed by atoms with E-state index in [1.165, 1.54) is 12.8 Å². The van der Waals surface area contributed by atoms with E-state index in [0.29, 0.717) is 13.2 Å². The number of furan rings is 1. The van der Waals surface area contributed by atoms with Crippen LogP contribution in [0, 0.1) is 0 Å². The topological polar surface area (TPSA) is 54.7 Å². The fraction of sp³-hybridized carbons (Fsp3) is 0.667. The first-order chi connectivity index (χ1) is 9.84. The van der Waals surface area contributed by atoms with Crippen LogP contribution in [0.25, 0.3) is 0 Å². The lowest BCUT2D eigenvalue weighted by Crippen LogP contribution is -2.40. The Bertz CT molecular complexity index is 420. The van der Waals surface area contributed by atoms with Crippen molar-refractivity contribution in [3.05, 3.63) is 24.2 Å². The number of ether oxygens (including phenoxy) is 1. The van der Waals surface area contributed by atoms with Gasteiger partial charge in [-0.25, -0.2) is 0 Å². The lowest BCUT2D eigenvalue weighted by Gasteiger charge is -2.26. The van der Waals surface area contributed by atoms with Crippen LogP contribution in [0.15, 0.2) is 22.8 Å². The van der Waals surface area contributed by atoms with E-state index in [1.54, 1.807) is 6.26 Å². The summed E-state index contributed by atoms with van der Waals surface area (Å²) >= 11 is 0. The zero-order chi connectivity index (χ0) is 13.8. The second kappa shape index (κ2) is 6.41. The van der Waals surface area contributed by atoms with Gasteiger partial charge in [-0.05, 0) is 50.9 Å². The summed E-state index contributed by atoms with van der Waals surface area (Å²) in [6.45, 7) is 3.43. The fourth-order valence-corrected chi connectivity index (χ4v) is 3.04. The van der Waals surface area contributed by atoms with E-state index < -0.39 is 0 Å². The van der Waals surface area contributed by atoms with Crippen molar-refractivity contribution in [1.82, 2.24) is 10.2 Å². The Kier molecular flexibility index (Phi) is 4.38. The summed E-state index contributed by atoms with van der Waals surface area (Å²) in [5.41, 5.74) is 0. The van der Waals surface area contributed by atoms with Gasteiger partial charge in [-0.15, -0.1) is 0 Å². The molecular weight excluding hydrogens is 256 g/mol. The van der Waals surface area contributed by atoms with Gasteiger partial charge < -0.3 is 14.5 Å². The Morgan fingerprint density at radius 3 is 2.90 bits per heavy atom. The number of carbonyl (C=O) groups is 1. The second-order valence-corrected chi connectivity index (χ2v) is 5.52. The van der Waals surface area contributed by atoms with Gasteiger partial charge in [-0.3, -0.25) is 9.69 Å². The summed E-state index contributed by atoms with van der Waals surface area (Å²) in [6, 6.07) is 4.03. The van der Waals surface area contributed by atoms with Crippen LogP contribution in [0.4, 0.5) is 0 Å². The molecule has 0 radical (unpaired) electrons. The van der Waals surface area contributed by atoms with E-state index in [1.807, 2.05) is 12.1 Å². The molecule has 2 aliphatic heterocycles. The predicted molar refractivity (Wildman–Crippen MR) is 74.2 cm³/mol. The Labute approximate surface area is 119 Å². The molecule has 5 heteroatoms. The first-order valence-electron chi connectivity index (χ1n) is 7.51. The maximum Gasteiger partial charge on any atom is 0.249 e. The molecule has 2 aliphatic rings. The van der Waals surface area contributed by atoms with E-state index in [2.05, 4.69) is 10.2 Å². The molecular formula is C15H22N2O3. The van der Waals surface area contributed by atoms with Gasteiger partial charge in [0.1, 0.15) is 11.9 Å². The minimum absolute atomic E-state index is 0.0123. The summed E-state index contributed by atoms with van der Waals surface area (Å²) in [5, 5.41) is 3.02. The lowest BCUT2D eigenvalue weighted by atomic mass is 10.1. The van der Waals surface area contributed by atoms with Gasteiger partial charge >= 0.3 is 0 Å². The maximum absolute atomic E-state index is 12.0. The van der Waals surface area contributed by atoms with Crippen LogP contribution < -0.4 is 5.32 Å². The standard InChI is InChI=1S/C15H22N2O3/c18-15(14-6-4-10-20-14)16-11-12(13-5-3-9-19-13)17-7-1-2-8-17/h3,5,9,12,14H,1-2,4,6-8,10-11H2,(H,16,18)/t12-,14+/m1/s1. The molecule has 2 fully saturated rings. The van der Waals surface area contributed by atoms with Crippen molar-refractivity contribution in [2.75, 3.05) is 26.2 Å². The van der Waals surface area contributed by atoms with E-state index >= 15 is 0 Å². The molecule has 110 valence electrons. The highest BCUT2D eigenvalue weighted by Crippen LogP contribution is 2.25. The van der Waals surface area contributed by atoms with Crippen molar-refractivity contribution in [3.63, 3.8) is 0 Å². The number of hydrogen-bond donors (Lipinski definition) is 1. The van der Waals surface area contributed by atoms with Crippen LogP contribution in [0.2, 0.25) is 0 Å². The van der Waals surface area contributed by atoms with E-state index in [0.717, 1.165) is 31.7 Å². The molecule has 0 spiro atoms. The molecule has 0 unspecified atom stereocenters. The van der Waals surface area contributed by atoms with Crippen molar-refractivity contribution < 1.29 is 13.9 Å². The monoisotopic (exact) mass is 278 g/mol. The number of rotatable bonds is 5. The molecule has 1 aromatic heterocycles. The summed E-state index contributed by atoms with van der Waals surface area (Å²) in [5.74, 6) is 0.942. The van der Waals surface area contributed by atoms with E-state index in [4.69, 9.17) is 9.15 Å². The third-order valence-corrected chi connectivity index (χ3v) is 4.14. The molecule has 0 bridgehead atoms. The maximum atomic E-state index is 12.0. The third kappa shape index (κ3) is 3.04. The van der Waals surface area contributed by atoms with Crippen molar-refractivity contribution >= 4 is 5.91 Å². The van der Waals surface area contributed by atoms with Crippen LogP contribution in [0.3, 0.4) is 0 Å². The van der Waals surface area contributed by atoms with Crippen LogP contribution in [0.5, 0.6) is 0 Å². The second-order valence-electron chi connectivity index (χ2n) is 5.52. The van der Waals surface area contributed by atoms with Crippen molar-refractivity contribution in [1.29, 1.82) is 0 Å². The quantitative estimate of drug-likeness (QED) is 0.891. The highest BCUT2D eigenvalue weighted by Gasteiger charge is 2.28. The van der Waals surface area contributed by atoms with Crippen molar-refractivity contribution in [3.8, 4) is 0 Å². The lowest BCUT2D eigenvalue weighted by molar-refractivity contribution is -0.130. The van der Waals surface area contributed by atoms with Gasteiger partial charge in [-0.2, -0.15) is 0 Å². The Morgan fingerprint density at radius 2 is 2.25 bits per heavy atom. The summed E-state index contributed by atoms with van der Waals surface area (Å²) < 4.78 is 11.0. The minimum Gasteiger partial charge on any atom is -0.468 e. The SMILES string of the molecule is O=C(NC[C@H](c1ccco1)N1CCCC1)[C@@H]1CCCO1. The van der Waals surface area contributed by atoms with Gasteiger partial charge in [-0.1, -0.05) is 0 Å². The zero-order valence-corrected chi connectivity index (χ0v) is 11.7. The molecule has 0 aliphatic carbocycles. The highest BCUT2D eigenvalue weighted by molar-refractivity contribution is 5.81. The first kappa shape index (κ1) is 13.6.